The second-order valence-corrected chi connectivity index (χ2v) is 5.58. The standard InChI is InChI=1S/C17H18F3N3O2/c1-24-14-4-2-3-13(11-14)22-7-9-23(10-8-22)16-6-5-15(12-21-16)25-17(18,19)20/h2-6,11-12H,7-10H2,1H3. The second-order valence-electron chi connectivity index (χ2n) is 5.58. The van der Waals surface area contributed by atoms with E-state index >= 15 is 0 Å². The number of pyridine rings is 1. The molecule has 0 bridgehead atoms. The van der Waals surface area contributed by atoms with Gasteiger partial charge >= 0.3 is 6.36 Å². The van der Waals surface area contributed by atoms with Gasteiger partial charge in [0.15, 0.2) is 0 Å². The van der Waals surface area contributed by atoms with Crippen molar-refractivity contribution >= 4 is 11.5 Å². The van der Waals surface area contributed by atoms with Gasteiger partial charge in [0, 0.05) is 37.9 Å². The first kappa shape index (κ1) is 17.2. The normalized spacial score (nSPS) is 15.2. The monoisotopic (exact) mass is 353 g/mol. The number of hydrogen-bond acceptors (Lipinski definition) is 5. The van der Waals surface area contributed by atoms with Gasteiger partial charge < -0.3 is 19.3 Å². The van der Waals surface area contributed by atoms with Gasteiger partial charge in [-0.25, -0.2) is 4.98 Å². The van der Waals surface area contributed by atoms with Crippen LogP contribution in [0.25, 0.3) is 0 Å². The molecule has 2 heterocycles. The van der Waals surface area contributed by atoms with Crippen LogP contribution < -0.4 is 19.3 Å². The van der Waals surface area contributed by atoms with Crippen LogP contribution in [-0.2, 0) is 0 Å². The van der Waals surface area contributed by atoms with Crippen LogP contribution in [0.2, 0.25) is 0 Å². The van der Waals surface area contributed by atoms with Crippen LogP contribution in [-0.4, -0.2) is 44.6 Å². The van der Waals surface area contributed by atoms with Crippen molar-refractivity contribution in [3.63, 3.8) is 0 Å². The minimum Gasteiger partial charge on any atom is -0.497 e. The van der Waals surface area contributed by atoms with Crippen LogP contribution >= 0.6 is 0 Å². The first-order valence-corrected chi connectivity index (χ1v) is 7.80. The Balaban J connectivity index is 1.60. The summed E-state index contributed by atoms with van der Waals surface area (Å²) in [6.45, 7) is 3.03. The fourth-order valence-corrected chi connectivity index (χ4v) is 2.75. The van der Waals surface area contributed by atoms with E-state index in [1.165, 1.54) is 6.07 Å². The molecule has 5 nitrogen and oxygen atoms in total. The number of methoxy groups -OCH3 is 1. The number of alkyl halides is 3. The molecule has 0 unspecified atom stereocenters. The zero-order valence-corrected chi connectivity index (χ0v) is 13.7. The van der Waals surface area contributed by atoms with E-state index in [4.69, 9.17) is 4.74 Å². The number of rotatable bonds is 4. The van der Waals surface area contributed by atoms with Gasteiger partial charge in [0.25, 0.3) is 0 Å². The Labute approximate surface area is 143 Å². The van der Waals surface area contributed by atoms with E-state index in [0.29, 0.717) is 5.82 Å². The highest BCUT2D eigenvalue weighted by molar-refractivity contribution is 5.52. The van der Waals surface area contributed by atoms with Gasteiger partial charge in [0.05, 0.1) is 13.3 Å². The molecule has 0 aliphatic carbocycles. The number of aromatic nitrogens is 1. The molecule has 8 heteroatoms. The molecule has 3 rings (SSSR count). The van der Waals surface area contributed by atoms with E-state index in [1.807, 2.05) is 29.2 Å². The lowest BCUT2D eigenvalue weighted by molar-refractivity contribution is -0.274. The largest absolute Gasteiger partial charge is 0.573 e. The van der Waals surface area contributed by atoms with Crippen LogP contribution in [0, 0.1) is 0 Å². The van der Waals surface area contributed by atoms with Crippen LogP contribution in [0.4, 0.5) is 24.7 Å². The van der Waals surface area contributed by atoms with Gasteiger partial charge in [-0.15, -0.1) is 13.2 Å². The van der Waals surface area contributed by atoms with E-state index in [1.54, 1.807) is 13.2 Å². The van der Waals surface area contributed by atoms with E-state index < -0.39 is 6.36 Å². The molecule has 25 heavy (non-hydrogen) atoms. The minimum atomic E-state index is -4.70. The molecule has 1 aromatic heterocycles. The predicted octanol–water partition coefficient (Wildman–Crippen LogP) is 3.32. The molecule has 1 saturated heterocycles. The summed E-state index contributed by atoms with van der Waals surface area (Å²) in [5.41, 5.74) is 1.08. The maximum Gasteiger partial charge on any atom is 0.573 e. The molecule has 1 aromatic carbocycles. The van der Waals surface area contributed by atoms with Crippen molar-refractivity contribution in [1.82, 2.24) is 4.98 Å². The molecule has 1 aliphatic heterocycles. The third-order valence-electron chi connectivity index (χ3n) is 3.98. The van der Waals surface area contributed by atoms with E-state index in [0.717, 1.165) is 43.8 Å². The number of ether oxygens (including phenoxy) is 2. The Hall–Kier alpha value is -2.64. The van der Waals surface area contributed by atoms with Gasteiger partial charge in [-0.1, -0.05) is 6.07 Å². The minimum absolute atomic E-state index is 0.314. The Morgan fingerprint density at radius 3 is 2.28 bits per heavy atom. The number of hydrogen-bond donors (Lipinski definition) is 0. The SMILES string of the molecule is COc1cccc(N2CCN(c3ccc(OC(F)(F)F)cn3)CC2)c1. The molecule has 0 amide bonds. The number of anilines is 2. The van der Waals surface area contributed by atoms with Crippen LogP contribution in [0.15, 0.2) is 42.6 Å². The highest BCUT2D eigenvalue weighted by Gasteiger charge is 2.31. The maximum absolute atomic E-state index is 12.2. The van der Waals surface area contributed by atoms with Crippen molar-refractivity contribution < 1.29 is 22.6 Å². The van der Waals surface area contributed by atoms with Gasteiger partial charge in [-0.2, -0.15) is 0 Å². The number of halogens is 3. The first-order chi connectivity index (χ1) is 11.9. The lowest BCUT2D eigenvalue weighted by atomic mass is 10.2. The third-order valence-corrected chi connectivity index (χ3v) is 3.98. The Morgan fingerprint density at radius 1 is 0.960 bits per heavy atom. The molecule has 0 N–H and O–H groups in total. The van der Waals surface area contributed by atoms with E-state index in [9.17, 15) is 13.2 Å². The van der Waals surface area contributed by atoms with Gasteiger partial charge in [0.1, 0.15) is 17.3 Å². The molecule has 0 spiro atoms. The molecular formula is C17H18F3N3O2. The summed E-state index contributed by atoms with van der Waals surface area (Å²) in [6.07, 6.45) is -3.61. The van der Waals surface area contributed by atoms with Crippen molar-refractivity contribution in [1.29, 1.82) is 0 Å². The van der Waals surface area contributed by atoms with E-state index in [-0.39, 0.29) is 5.75 Å². The van der Waals surface area contributed by atoms with Crippen LogP contribution in [0.3, 0.4) is 0 Å². The molecule has 2 aromatic rings. The Bertz CT molecular complexity index is 699. The average molecular weight is 353 g/mol. The molecule has 1 fully saturated rings. The topological polar surface area (TPSA) is 37.8 Å². The summed E-state index contributed by atoms with van der Waals surface area (Å²) >= 11 is 0. The summed E-state index contributed by atoms with van der Waals surface area (Å²) in [6, 6.07) is 10.7. The molecule has 0 atom stereocenters. The summed E-state index contributed by atoms with van der Waals surface area (Å²) in [5, 5.41) is 0. The zero-order chi connectivity index (χ0) is 17.9. The Kier molecular flexibility index (Phi) is 4.87. The van der Waals surface area contributed by atoms with Crippen LogP contribution in [0.1, 0.15) is 0 Å². The summed E-state index contributed by atoms with van der Waals surface area (Å²) in [4.78, 5) is 8.35. The Morgan fingerprint density at radius 2 is 1.68 bits per heavy atom. The van der Waals surface area contributed by atoms with Crippen LogP contribution in [0.5, 0.6) is 11.5 Å². The van der Waals surface area contributed by atoms with Crippen molar-refractivity contribution in [3.05, 3.63) is 42.6 Å². The molecular weight excluding hydrogens is 335 g/mol. The summed E-state index contributed by atoms with van der Waals surface area (Å²) < 4.78 is 45.6. The van der Waals surface area contributed by atoms with Gasteiger partial charge in [-0.3, -0.25) is 0 Å². The number of benzene rings is 1. The lowest BCUT2D eigenvalue weighted by Gasteiger charge is -2.36. The van der Waals surface area contributed by atoms with Crippen molar-refractivity contribution in [3.8, 4) is 11.5 Å². The number of piperazine rings is 1. The molecule has 0 saturated carbocycles. The summed E-state index contributed by atoms with van der Waals surface area (Å²) in [7, 11) is 1.63. The number of nitrogens with zero attached hydrogens (tertiary/aromatic N) is 3. The average Bonchev–Trinajstić information content (AvgIpc) is 2.61. The highest BCUT2D eigenvalue weighted by atomic mass is 19.4. The fourth-order valence-electron chi connectivity index (χ4n) is 2.75. The van der Waals surface area contributed by atoms with Gasteiger partial charge in [-0.05, 0) is 24.3 Å². The first-order valence-electron chi connectivity index (χ1n) is 7.80. The molecule has 0 radical (unpaired) electrons. The lowest BCUT2D eigenvalue weighted by Crippen LogP contribution is -2.46. The molecule has 134 valence electrons. The fraction of sp³-hybridized carbons (Fsp3) is 0.353. The molecule has 1 aliphatic rings. The highest BCUT2D eigenvalue weighted by Crippen LogP contribution is 2.25. The van der Waals surface area contributed by atoms with Crippen molar-refractivity contribution in [2.24, 2.45) is 0 Å². The maximum atomic E-state index is 12.2. The predicted molar refractivity (Wildman–Crippen MR) is 88.3 cm³/mol. The van der Waals surface area contributed by atoms with Crippen molar-refractivity contribution in [2.45, 2.75) is 6.36 Å². The second kappa shape index (κ2) is 7.08. The van der Waals surface area contributed by atoms with Gasteiger partial charge in [0.2, 0.25) is 0 Å². The van der Waals surface area contributed by atoms with Crippen molar-refractivity contribution in [2.75, 3.05) is 43.1 Å². The zero-order valence-electron chi connectivity index (χ0n) is 13.7. The third kappa shape index (κ3) is 4.46. The quantitative estimate of drug-likeness (QED) is 0.843. The summed E-state index contributed by atoms with van der Waals surface area (Å²) in [5.74, 6) is 1.13. The van der Waals surface area contributed by atoms with E-state index in [2.05, 4.69) is 14.6 Å². The smallest absolute Gasteiger partial charge is 0.497 e.